The maximum atomic E-state index is 3.61. The van der Waals surface area contributed by atoms with Gasteiger partial charge in [-0.2, -0.15) is 0 Å². The molecule has 0 heterocycles. The Morgan fingerprint density at radius 2 is 2.09 bits per heavy atom. The van der Waals surface area contributed by atoms with Gasteiger partial charge in [-0.15, -0.1) is 0 Å². The SMILES string of the molecule is CC(C)NC1(C)CC=CCC1. The molecule has 0 radical (unpaired) electrons. The average Bonchev–Trinajstić information content (AvgIpc) is 1.85. The highest BCUT2D eigenvalue weighted by Crippen LogP contribution is 2.22. The van der Waals surface area contributed by atoms with Crippen molar-refractivity contribution in [3.63, 3.8) is 0 Å². The average molecular weight is 153 g/mol. The summed E-state index contributed by atoms with van der Waals surface area (Å²) in [6.45, 7) is 6.74. The Labute approximate surface area is 69.9 Å². The topological polar surface area (TPSA) is 12.0 Å². The quantitative estimate of drug-likeness (QED) is 0.601. The van der Waals surface area contributed by atoms with Crippen LogP contribution in [-0.4, -0.2) is 11.6 Å². The van der Waals surface area contributed by atoms with Crippen LogP contribution in [0.1, 0.15) is 40.0 Å². The summed E-state index contributed by atoms with van der Waals surface area (Å²) in [4.78, 5) is 0. The molecule has 1 N–H and O–H groups in total. The minimum Gasteiger partial charge on any atom is -0.309 e. The molecule has 0 fully saturated rings. The van der Waals surface area contributed by atoms with Gasteiger partial charge in [0.1, 0.15) is 0 Å². The molecule has 0 aromatic rings. The van der Waals surface area contributed by atoms with Crippen molar-refractivity contribution in [2.45, 2.75) is 51.6 Å². The van der Waals surface area contributed by atoms with Crippen LogP contribution in [0.2, 0.25) is 0 Å². The minimum absolute atomic E-state index is 0.364. The van der Waals surface area contributed by atoms with Gasteiger partial charge in [-0.25, -0.2) is 0 Å². The van der Waals surface area contributed by atoms with Crippen molar-refractivity contribution in [3.8, 4) is 0 Å². The molecule has 0 spiro atoms. The first kappa shape index (κ1) is 8.79. The van der Waals surface area contributed by atoms with E-state index in [0.717, 1.165) is 0 Å². The first-order chi connectivity index (χ1) is 5.12. The van der Waals surface area contributed by atoms with Gasteiger partial charge in [0, 0.05) is 11.6 Å². The summed E-state index contributed by atoms with van der Waals surface area (Å²) in [5.41, 5.74) is 0.364. The van der Waals surface area contributed by atoms with E-state index in [9.17, 15) is 0 Å². The normalized spacial score (nSPS) is 31.3. The molecule has 0 aliphatic heterocycles. The van der Waals surface area contributed by atoms with E-state index in [2.05, 4.69) is 38.2 Å². The Hall–Kier alpha value is -0.300. The Balaban J connectivity index is 2.45. The molecule has 0 bridgehead atoms. The van der Waals surface area contributed by atoms with Crippen LogP contribution in [0.15, 0.2) is 12.2 Å². The highest BCUT2D eigenvalue weighted by atomic mass is 15.0. The molecule has 0 aromatic heterocycles. The molecule has 64 valence electrons. The molecular formula is C10H19N. The summed E-state index contributed by atoms with van der Waals surface area (Å²) < 4.78 is 0. The van der Waals surface area contributed by atoms with E-state index in [0.29, 0.717) is 11.6 Å². The highest BCUT2D eigenvalue weighted by Gasteiger charge is 2.23. The lowest BCUT2D eigenvalue weighted by Crippen LogP contribution is -2.46. The molecule has 1 unspecified atom stereocenters. The lowest BCUT2D eigenvalue weighted by molar-refractivity contribution is 0.301. The number of allylic oxidation sites excluding steroid dienone is 1. The maximum absolute atomic E-state index is 3.61. The molecule has 0 amide bonds. The van der Waals surface area contributed by atoms with Gasteiger partial charge in [0.15, 0.2) is 0 Å². The third kappa shape index (κ3) is 2.66. The molecule has 1 aliphatic rings. The maximum Gasteiger partial charge on any atom is 0.0193 e. The second-order valence-electron chi connectivity index (χ2n) is 4.07. The number of hydrogen-bond donors (Lipinski definition) is 1. The van der Waals surface area contributed by atoms with E-state index in [1.54, 1.807) is 0 Å². The molecule has 1 heteroatoms. The van der Waals surface area contributed by atoms with Crippen molar-refractivity contribution >= 4 is 0 Å². The first-order valence-electron chi connectivity index (χ1n) is 4.55. The summed E-state index contributed by atoms with van der Waals surface area (Å²) in [5.74, 6) is 0. The predicted molar refractivity (Wildman–Crippen MR) is 49.7 cm³/mol. The summed E-state index contributed by atoms with van der Waals surface area (Å²) in [6, 6.07) is 0.603. The zero-order chi connectivity index (χ0) is 8.32. The van der Waals surface area contributed by atoms with Gasteiger partial charge in [0.05, 0.1) is 0 Å². The smallest absolute Gasteiger partial charge is 0.0193 e. The Morgan fingerprint density at radius 1 is 1.36 bits per heavy atom. The summed E-state index contributed by atoms with van der Waals surface area (Å²) in [5, 5.41) is 3.61. The van der Waals surface area contributed by atoms with Gasteiger partial charge >= 0.3 is 0 Å². The fourth-order valence-electron chi connectivity index (χ4n) is 1.79. The molecule has 0 aromatic carbocycles. The number of hydrogen-bond acceptors (Lipinski definition) is 1. The van der Waals surface area contributed by atoms with Gasteiger partial charge in [0.2, 0.25) is 0 Å². The fraction of sp³-hybridized carbons (Fsp3) is 0.800. The summed E-state index contributed by atoms with van der Waals surface area (Å²) in [6.07, 6.45) is 8.27. The van der Waals surface area contributed by atoms with E-state index in [4.69, 9.17) is 0 Å². The third-order valence-electron chi connectivity index (χ3n) is 2.23. The van der Waals surface area contributed by atoms with E-state index < -0.39 is 0 Å². The largest absolute Gasteiger partial charge is 0.309 e. The van der Waals surface area contributed by atoms with Gasteiger partial charge in [-0.05, 0) is 26.2 Å². The second-order valence-corrected chi connectivity index (χ2v) is 4.07. The zero-order valence-electron chi connectivity index (χ0n) is 7.85. The number of nitrogens with one attached hydrogen (secondary N) is 1. The van der Waals surface area contributed by atoms with Crippen LogP contribution in [0.25, 0.3) is 0 Å². The Kier molecular flexibility index (Phi) is 2.72. The van der Waals surface area contributed by atoms with Crippen molar-refractivity contribution in [2.24, 2.45) is 0 Å². The monoisotopic (exact) mass is 153 g/mol. The van der Waals surface area contributed by atoms with E-state index in [1.807, 2.05) is 0 Å². The molecule has 1 aliphatic carbocycles. The van der Waals surface area contributed by atoms with Crippen molar-refractivity contribution in [1.82, 2.24) is 5.32 Å². The molecular weight excluding hydrogens is 134 g/mol. The van der Waals surface area contributed by atoms with Crippen LogP contribution >= 0.6 is 0 Å². The van der Waals surface area contributed by atoms with Crippen LogP contribution in [0, 0.1) is 0 Å². The van der Waals surface area contributed by atoms with Crippen LogP contribution in [-0.2, 0) is 0 Å². The third-order valence-corrected chi connectivity index (χ3v) is 2.23. The standard InChI is InChI=1S/C10H19N/c1-9(2)11-10(3)7-5-4-6-8-10/h4-5,9,11H,6-8H2,1-3H3. The molecule has 1 rings (SSSR count). The molecule has 1 atom stereocenters. The van der Waals surface area contributed by atoms with Crippen LogP contribution in [0.4, 0.5) is 0 Å². The molecule has 1 nitrogen and oxygen atoms in total. The minimum atomic E-state index is 0.364. The lowest BCUT2D eigenvalue weighted by Gasteiger charge is -2.34. The van der Waals surface area contributed by atoms with Gasteiger partial charge in [-0.1, -0.05) is 26.0 Å². The summed E-state index contributed by atoms with van der Waals surface area (Å²) >= 11 is 0. The number of rotatable bonds is 2. The molecule has 11 heavy (non-hydrogen) atoms. The van der Waals surface area contributed by atoms with Crippen LogP contribution in [0.3, 0.4) is 0 Å². The van der Waals surface area contributed by atoms with Gasteiger partial charge < -0.3 is 5.32 Å². The van der Waals surface area contributed by atoms with E-state index in [-0.39, 0.29) is 0 Å². The van der Waals surface area contributed by atoms with Crippen molar-refractivity contribution < 1.29 is 0 Å². The lowest BCUT2D eigenvalue weighted by atomic mass is 9.87. The molecule has 0 saturated heterocycles. The van der Waals surface area contributed by atoms with Crippen LogP contribution < -0.4 is 5.32 Å². The van der Waals surface area contributed by atoms with Gasteiger partial charge in [0.25, 0.3) is 0 Å². The Bertz CT molecular complexity index is 149. The molecule has 0 saturated carbocycles. The highest BCUT2D eigenvalue weighted by molar-refractivity contribution is 5.00. The summed E-state index contributed by atoms with van der Waals surface area (Å²) in [7, 11) is 0. The Morgan fingerprint density at radius 3 is 2.55 bits per heavy atom. The predicted octanol–water partition coefficient (Wildman–Crippen LogP) is 2.48. The van der Waals surface area contributed by atoms with E-state index in [1.165, 1.54) is 19.3 Å². The van der Waals surface area contributed by atoms with Crippen molar-refractivity contribution in [1.29, 1.82) is 0 Å². The van der Waals surface area contributed by atoms with Crippen LogP contribution in [0.5, 0.6) is 0 Å². The van der Waals surface area contributed by atoms with Crippen molar-refractivity contribution in [2.75, 3.05) is 0 Å². The second kappa shape index (κ2) is 3.40. The van der Waals surface area contributed by atoms with Crippen molar-refractivity contribution in [3.05, 3.63) is 12.2 Å². The van der Waals surface area contributed by atoms with E-state index >= 15 is 0 Å². The fourth-order valence-corrected chi connectivity index (χ4v) is 1.79. The first-order valence-corrected chi connectivity index (χ1v) is 4.55. The van der Waals surface area contributed by atoms with Gasteiger partial charge in [-0.3, -0.25) is 0 Å². The zero-order valence-corrected chi connectivity index (χ0v) is 7.85.